The molecule has 0 aliphatic rings. The number of carbonyl (C=O) groups excluding carboxylic acids is 1. The summed E-state index contributed by atoms with van der Waals surface area (Å²) in [4.78, 5) is 22.9. The Balaban J connectivity index is 3.93. The summed E-state index contributed by atoms with van der Waals surface area (Å²) in [6, 6.07) is 0. The highest BCUT2D eigenvalue weighted by Crippen LogP contribution is 2.08. The molecule has 0 spiro atoms. The van der Waals surface area contributed by atoms with Crippen LogP contribution in [0.1, 0.15) is 64.7 Å². The summed E-state index contributed by atoms with van der Waals surface area (Å²) in [6.07, 6.45) is 19.6. The van der Waals surface area contributed by atoms with Crippen molar-refractivity contribution >= 4 is 11.9 Å². The molecule has 0 aromatic heterocycles. The number of esters is 1. The molecule has 28 heavy (non-hydrogen) atoms. The van der Waals surface area contributed by atoms with Crippen molar-refractivity contribution in [2.75, 3.05) is 27.7 Å². The van der Waals surface area contributed by atoms with Crippen LogP contribution in [0.15, 0.2) is 36.5 Å². The van der Waals surface area contributed by atoms with Gasteiger partial charge < -0.3 is 14.3 Å². The molecule has 0 saturated heterocycles. The average molecular weight is 395 g/mol. The molecule has 0 radical (unpaired) electrons. The lowest BCUT2D eigenvalue weighted by molar-refractivity contribution is -0.873. The molecule has 0 aliphatic heterocycles. The number of likely N-dealkylation sites (N-methyl/N-ethyl adjacent to an activating group) is 1. The summed E-state index contributed by atoms with van der Waals surface area (Å²) in [5, 5.41) is 8.98. The van der Waals surface area contributed by atoms with E-state index in [2.05, 4.69) is 43.4 Å². The van der Waals surface area contributed by atoms with E-state index in [-0.39, 0.29) is 12.4 Å². The largest absolute Gasteiger partial charge is 0.481 e. The third kappa shape index (κ3) is 18.9. The number of carbonyl (C=O) groups is 2. The van der Waals surface area contributed by atoms with E-state index >= 15 is 0 Å². The SMILES string of the molecule is CCCC/C=C/C/C=C/C/C=C/CCCC(=O)OC(CC(=O)O)C[N+](C)(C)C. The zero-order chi connectivity index (χ0) is 21.3. The minimum Gasteiger partial charge on any atom is -0.481 e. The van der Waals surface area contributed by atoms with Crippen LogP contribution in [0.3, 0.4) is 0 Å². The molecule has 0 amide bonds. The van der Waals surface area contributed by atoms with Gasteiger partial charge in [0.15, 0.2) is 6.10 Å². The summed E-state index contributed by atoms with van der Waals surface area (Å²) < 4.78 is 5.92. The molecule has 1 unspecified atom stereocenters. The van der Waals surface area contributed by atoms with Gasteiger partial charge in [0.2, 0.25) is 0 Å². The summed E-state index contributed by atoms with van der Waals surface area (Å²) >= 11 is 0. The first-order chi connectivity index (χ1) is 13.2. The predicted octanol–water partition coefficient (Wildman–Crippen LogP) is 4.89. The Morgan fingerprint density at radius 1 is 0.929 bits per heavy atom. The van der Waals surface area contributed by atoms with Crippen LogP contribution in [0.25, 0.3) is 0 Å². The number of unbranched alkanes of at least 4 members (excludes halogenated alkanes) is 3. The predicted molar refractivity (Wildman–Crippen MR) is 115 cm³/mol. The Hall–Kier alpha value is -1.88. The monoisotopic (exact) mass is 394 g/mol. The third-order valence-corrected chi connectivity index (χ3v) is 3.97. The number of hydrogen-bond acceptors (Lipinski definition) is 3. The molecule has 160 valence electrons. The quantitative estimate of drug-likeness (QED) is 0.175. The van der Waals surface area contributed by atoms with Crippen LogP contribution >= 0.6 is 0 Å². The van der Waals surface area contributed by atoms with Crippen LogP contribution < -0.4 is 0 Å². The van der Waals surface area contributed by atoms with Crippen molar-refractivity contribution in [1.29, 1.82) is 0 Å². The van der Waals surface area contributed by atoms with Crippen LogP contribution in [-0.4, -0.2) is 55.3 Å². The number of aliphatic carboxylic acids is 1. The van der Waals surface area contributed by atoms with Gasteiger partial charge in [0.1, 0.15) is 6.54 Å². The van der Waals surface area contributed by atoms with E-state index in [1.165, 1.54) is 19.3 Å². The molecular weight excluding hydrogens is 354 g/mol. The third-order valence-electron chi connectivity index (χ3n) is 3.97. The number of nitrogens with zero attached hydrogens (tertiary/aromatic N) is 1. The lowest BCUT2D eigenvalue weighted by Crippen LogP contribution is -2.43. The van der Waals surface area contributed by atoms with Gasteiger partial charge in [-0.2, -0.15) is 0 Å². The number of carboxylic acids is 1. The van der Waals surface area contributed by atoms with Gasteiger partial charge >= 0.3 is 11.9 Å². The highest BCUT2D eigenvalue weighted by molar-refractivity contribution is 5.71. The van der Waals surface area contributed by atoms with Gasteiger partial charge in [-0.3, -0.25) is 9.59 Å². The molecule has 1 N–H and O–H groups in total. The van der Waals surface area contributed by atoms with Gasteiger partial charge in [-0.15, -0.1) is 0 Å². The fourth-order valence-electron chi connectivity index (χ4n) is 2.66. The molecule has 0 fully saturated rings. The maximum atomic E-state index is 12.0. The zero-order valence-electron chi connectivity index (χ0n) is 18.2. The van der Waals surface area contributed by atoms with Gasteiger partial charge in [-0.05, 0) is 32.1 Å². The van der Waals surface area contributed by atoms with Gasteiger partial charge in [0.25, 0.3) is 0 Å². The first-order valence-electron chi connectivity index (χ1n) is 10.4. The highest BCUT2D eigenvalue weighted by atomic mass is 16.5. The van der Waals surface area contributed by atoms with Crippen LogP contribution in [0, 0.1) is 0 Å². The van der Waals surface area contributed by atoms with Gasteiger partial charge in [0.05, 0.1) is 27.6 Å². The van der Waals surface area contributed by atoms with Gasteiger partial charge in [0, 0.05) is 6.42 Å². The van der Waals surface area contributed by atoms with E-state index in [4.69, 9.17) is 9.84 Å². The van der Waals surface area contributed by atoms with Crippen LogP contribution in [0.5, 0.6) is 0 Å². The maximum absolute atomic E-state index is 12.0. The number of quaternary nitrogens is 1. The van der Waals surface area contributed by atoms with Crippen molar-refractivity contribution in [2.24, 2.45) is 0 Å². The molecule has 0 saturated carbocycles. The van der Waals surface area contributed by atoms with Crippen LogP contribution in [0.2, 0.25) is 0 Å². The second kappa shape index (κ2) is 16.1. The zero-order valence-corrected chi connectivity index (χ0v) is 18.2. The number of hydrogen-bond donors (Lipinski definition) is 1. The molecular formula is C23H40NO4+. The van der Waals surface area contributed by atoms with Crippen molar-refractivity contribution in [3.63, 3.8) is 0 Å². The molecule has 5 nitrogen and oxygen atoms in total. The number of ether oxygens (including phenoxy) is 1. The molecule has 0 rings (SSSR count). The molecule has 0 aromatic rings. The minimum atomic E-state index is -0.946. The summed E-state index contributed by atoms with van der Waals surface area (Å²) in [5.41, 5.74) is 0. The number of carboxylic acid groups (broad SMARTS) is 1. The molecule has 0 aromatic carbocycles. The lowest BCUT2D eigenvalue weighted by atomic mass is 10.2. The van der Waals surface area contributed by atoms with Gasteiger partial charge in [-0.25, -0.2) is 0 Å². The summed E-state index contributed by atoms with van der Waals surface area (Å²) in [5.74, 6) is -1.26. The second-order valence-corrected chi connectivity index (χ2v) is 8.10. The number of allylic oxidation sites excluding steroid dienone is 6. The average Bonchev–Trinajstić information content (AvgIpc) is 2.56. The van der Waals surface area contributed by atoms with E-state index in [1.54, 1.807) is 0 Å². The Morgan fingerprint density at radius 3 is 1.96 bits per heavy atom. The van der Waals surface area contributed by atoms with E-state index in [0.717, 1.165) is 19.3 Å². The Morgan fingerprint density at radius 2 is 1.46 bits per heavy atom. The fraction of sp³-hybridized carbons (Fsp3) is 0.652. The van der Waals surface area contributed by atoms with Gasteiger partial charge in [-0.1, -0.05) is 56.2 Å². The van der Waals surface area contributed by atoms with Crippen molar-refractivity contribution in [1.82, 2.24) is 0 Å². The molecule has 1 atom stereocenters. The first-order valence-corrected chi connectivity index (χ1v) is 10.4. The van der Waals surface area contributed by atoms with E-state index in [0.29, 0.717) is 23.9 Å². The normalized spacial score (nSPS) is 13.6. The lowest BCUT2D eigenvalue weighted by Gasteiger charge is -2.28. The Bertz CT molecular complexity index is 515. The molecule has 0 bridgehead atoms. The standard InChI is InChI=1S/C23H39NO4/c1-5-6-7-8-9-10-11-12-13-14-15-16-17-18-23(27)28-21(19-22(25)26)20-24(2,3)4/h8-9,11-12,14-15,21H,5-7,10,13,16-20H2,1-4H3/p+1/b9-8+,12-11+,15-14+. The van der Waals surface area contributed by atoms with E-state index in [9.17, 15) is 9.59 Å². The number of rotatable bonds is 16. The minimum absolute atomic E-state index is 0.151. The summed E-state index contributed by atoms with van der Waals surface area (Å²) in [6.45, 7) is 2.68. The first kappa shape index (κ1) is 26.1. The molecule has 0 heterocycles. The van der Waals surface area contributed by atoms with Crippen molar-refractivity contribution < 1.29 is 23.9 Å². The maximum Gasteiger partial charge on any atom is 0.307 e. The fourth-order valence-corrected chi connectivity index (χ4v) is 2.66. The van der Waals surface area contributed by atoms with Crippen molar-refractivity contribution in [3.05, 3.63) is 36.5 Å². The highest BCUT2D eigenvalue weighted by Gasteiger charge is 2.24. The van der Waals surface area contributed by atoms with Crippen molar-refractivity contribution in [2.45, 2.75) is 70.8 Å². The van der Waals surface area contributed by atoms with Crippen molar-refractivity contribution in [3.8, 4) is 0 Å². The second-order valence-electron chi connectivity index (χ2n) is 8.10. The van der Waals surface area contributed by atoms with Crippen LogP contribution in [-0.2, 0) is 14.3 Å². The molecule has 5 heteroatoms. The van der Waals surface area contributed by atoms with E-state index < -0.39 is 12.1 Å². The topological polar surface area (TPSA) is 63.6 Å². The Labute approximate surface area is 171 Å². The smallest absolute Gasteiger partial charge is 0.307 e. The van der Waals surface area contributed by atoms with E-state index in [1.807, 2.05) is 21.1 Å². The summed E-state index contributed by atoms with van der Waals surface area (Å²) in [7, 11) is 5.85. The molecule has 0 aliphatic carbocycles. The van der Waals surface area contributed by atoms with Crippen LogP contribution in [0.4, 0.5) is 0 Å². The Kier molecular flexibility index (Phi) is 15.0.